The quantitative estimate of drug-likeness (QED) is 0.260. The van der Waals surface area contributed by atoms with Crippen LogP contribution in [0.25, 0.3) is 12.2 Å². The molecule has 0 saturated heterocycles. The highest BCUT2D eigenvalue weighted by Crippen LogP contribution is 2.32. The fraction of sp³-hybridized carbons (Fsp3) is 0.500. The topological polar surface area (TPSA) is 93.1 Å². The van der Waals surface area contributed by atoms with Gasteiger partial charge in [0.25, 0.3) is 0 Å². The first-order chi connectivity index (χ1) is 14.5. The van der Waals surface area contributed by atoms with Crippen LogP contribution in [0.5, 0.6) is 11.5 Å². The summed E-state index contributed by atoms with van der Waals surface area (Å²) in [6, 6.07) is 3.42. The van der Waals surface area contributed by atoms with Gasteiger partial charge < -0.3 is 19.7 Å². The number of carbonyl (C=O) groups is 2. The summed E-state index contributed by atoms with van der Waals surface area (Å²) in [6.07, 6.45) is 13.5. The second-order valence-corrected chi connectivity index (χ2v) is 7.09. The summed E-state index contributed by atoms with van der Waals surface area (Å²) >= 11 is 0. The van der Waals surface area contributed by atoms with Crippen LogP contribution in [0.15, 0.2) is 24.3 Å². The minimum Gasteiger partial charge on any atom is -0.493 e. The molecule has 2 N–H and O–H groups in total. The van der Waals surface area contributed by atoms with Gasteiger partial charge in [-0.05, 0) is 37.1 Å². The first-order valence-corrected chi connectivity index (χ1v) is 10.7. The zero-order chi connectivity index (χ0) is 22.2. The van der Waals surface area contributed by atoms with E-state index >= 15 is 0 Å². The number of benzene rings is 1. The Morgan fingerprint density at radius 3 is 1.47 bits per heavy atom. The summed E-state index contributed by atoms with van der Waals surface area (Å²) in [5.74, 6) is -1.10. The SMILES string of the molecule is CCCCCCOc1cc(/C=C/C(=O)O)c(OCCCCCC)cc1/C=C\C(=O)O. The smallest absolute Gasteiger partial charge is 0.328 e. The molecule has 1 aromatic carbocycles. The molecule has 0 heterocycles. The molecule has 0 aliphatic carbocycles. The van der Waals surface area contributed by atoms with E-state index in [2.05, 4.69) is 13.8 Å². The van der Waals surface area contributed by atoms with Gasteiger partial charge in [-0.1, -0.05) is 52.4 Å². The summed E-state index contributed by atoms with van der Waals surface area (Å²) < 4.78 is 11.8. The van der Waals surface area contributed by atoms with Crippen molar-refractivity contribution in [2.24, 2.45) is 0 Å². The van der Waals surface area contributed by atoms with Gasteiger partial charge in [-0.2, -0.15) is 0 Å². The standard InChI is InChI=1S/C24H34O6/c1-3-5-7-9-15-29-21-17-20(12-14-24(27)28)22(30-16-10-8-6-4-2)18-19(21)11-13-23(25)26/h11-14,17-18H,3-10,15-16H2,1-2H3,(H,25,26)(H,27,28)/b13-11-,14-12+. The maximum atomic E-state index is 11.0. The molecule has 0 aromatic heterocycles. The summed E-state index contributed by atoms with van der Waals surface area (Å²) in [5, 5.41) is 18.0. The molecular weight excluding hydrogens is 384 g/mol. The largest absolute Gasteiger partial charge is 0.493 e. The van der Waals surface area contributed by atoms with Crippen molar-refractivity contribution in [1.29, 1.82) is 0 Å². The number of carboxylic acid groups (broad SMARTS) is 2. The molecule has 0 bridgehead atoms. The van der Waals surface area contributed by atoms with E-state index in [0.29, 0.717) is 35.8 Å². The second kappa shape index (κ2) is 15.1. The van der Waals surface area contributed by atoms with Crippen molar-refractivity contribution in [2.45, 2.75) is 65.2 Å². The summed E-state index contributed by atoms with van der Waals surface area (Å²) in [7, 11) is 0. The van der Waals surface area contributed by atoms with Gasteiger partial charge in [0.2, 0.25) is 0 Å². The van der Waals surface area contributed by atoms with Crippen molar-refractivity contribution in [3.63, 3.8) is 0 Å². The predicted octanol–water partition coefficient (Wildman–Crippen LogP) is 5.80. The van der Waals surface area contributed by atoms with E-state index in [1.165, 1.54) is 12.2 Å². The van der Waals surface area contributed by atoms with Crippen LogP contribution in [-0.4, -0.2) is 35.4 Å². The molecule has 0 atom stereocenters. The Bertz CT molecular complexity index is 659. The van der Waals surface area contributed by atoms with E-state index in [0.717, 1.165) is 63.5 Å². The van der Waals surface area contributed by atoms with Crippen LogP contribution in [-0.2, 0) is 9.59 Å². The van der Waals surface area contributed by atoms with Crippen LogP contribution < -0.4 is 9.47 Å². The molecular formula is C24H34O6. The third-order valence-electron chi connectivity index (χ3n) is 4.46. The molecule has 0 amide bonds. The Morgan fingerprint density at radius 2 is 1.13 bits per heavy atom. The van der Waals surface area contributed by atoms with Gasteiger partial charge in [0.05, 0.1) is 13.2 Å². The maximum Gasteiger partial charge on any atom is 0.328 e. The maximum absolute atomic E-state index is 11.0. The van der Waals surface area contributed by atoms with Gasteiger partial charge in [0, 0.05) is 23.3 Å². The highest BCUT2D eigenvalue weighted by atomic mass is 16.5. The summed E-state index contributed by atoms with van der Waals surface area (Å²) in [4.78, 5) is 22.0. The number of hydrogen-bond acceptors (Lipinski definition) is 4. The van der Waals surface area contributed by atoms with Crippen molar-refractivity contribution < 1.29 is 29.3 Å². The molecule has 0 aliphatic rings. The van der Waals surface area contributed by atoms with Crippen LogP contribution in [0.4, 0.5) is 0 Å². The zero-order valence-electron chi connectivity index (χ0n) is 18.1. The number of hydrogen-bond donors (Lipinski definition) is 2. The number of ether oxygens (including phenoxy) is 2. The lowest BCUT2D eigenvalue weighted by Crippen LogP contribution is -2.03. The molecule has 0 aliphatic heterocycles. The molecule has 30 heavy (non-hydrogen) atoms. The van der Waals surface area contributed by atoms with E-state index in [-0.39, 0.29) is 0 Å². The molecule has 0 fully saturated rings. The third-order valence-corrected chi connectivity index (χ3v) is 4.46. The predicted molar refractivity (Wildman–Crippen MR) is 119 cm³/mol. The van der Waals surface area contributed by atoms with Crippen molar-refractivity contribution in [1.82, 2.24) is 0 Å². The Balaban J connectivity index is 3.10. The average molecular weight is 419 g/mol. The summed E-state index contributed by atoms with van der Waals surface area (Å²) in [6.45, 7) is 5.29. The highest BCUT2D eigenvalue weighted by molar-refractivity contribution is 5.88. The van der Waals surface area contributed by atoms with E-state index in [4.69, 9.17) is 19.7 Å². The molecule has 6 heteroatoms. The van der Waals surface area contributed by atoms with Crippen LogP contribution in [0.1, 0.15) is 76.3 Å². The Hall–Kier alpha value is -2.76. The van der Waals surface area contributed by atoms with Gasteiger partial charge in [0.15, 0.2) is 0 Å². The van der Waals surface area contributed by atoms with Gasteiger partial charge in [0.1, 0.15) is 11.5 Å². The molecule has 0 unspecified atom stereocenters. The van der Waals surface area contributed by atoms with Gasteiger partial charge in [-0.15, -0.1) is 0 Å². The minimum atomic E-state index is -1.05. The normalized spacial score (nSPS) is 11.3. The number of unbranched alkanes of at least 4 members (excludes halogenated alkanes) is 6. The Kier molecular flexibility index (Phi) is 12.7. The first kappa shape index (κ1) is 25.3. The van der Waals surface area contributed by atoms with Crippen LogP contribution >= 0.6 is 0 Å². The third kappa shape index (κ3) is 10.7. The molecule has 1 rings (SSSR count). The van der Waals surface area contributed by atoms with Crippen molar-refractivity contribution in [3.8, 4) is 11.5 Å². The first-order valence-electron chi connectivity index (χ1n) is 10.7. The Morgan fingerprint density at radius 1 is 0.733 bits per heavy atom. The highest BCUT2D eigenvalue weighted by Gasteiger charge is 2.11. The van der Waals surface area contributed by atoms with Crippen LogP contribution in [0, 0.1) is 0 Å². The lowest BCUT2D eigenvalue weighted by atomic mass is 10.1. The van der Waals surface area contributed by atoms with E-state index in [9.17, 15) is 9.59 Å². The molecule has 6 nitrogen and oxygen atoms in total. The zero-order valence-corrected chi connectivity index (χ0v) is 18.1. The van der Waals surface area contributed by atoms with Crippen LogP contribution in [0.2, 0.25) is 0 Å². The fourth-order valence-electron chi connectivity index (χ4n) is 2.85. The molecule has 0 radical (unpaired) electrons. The van der Waals surface area contributed by atoms with Gasteiger partial charge in [-0.25, -0.2) is 9.59 Å². The van der Waals surface area contributed by atoms with Crippen molar-refractivity contribution in [2.75, 3.05) is 13.2 Å². The van der Waals surface area contributed by atoms with E-state index in [1.807, 2.05) is 0 Å². The second-order valence-electron chi connectivity index (χ2n) is 7.09. The minimum absolute atomic E-state index is 0.507. The lowest BCUT2D eigenvalue weighted by molar-refractivity contribution is -0.132. The molecule has 166 valence electrons. The molecule has 0 saturated carbocycles. The average Bonchev–Trinajstić information content (AvgIpc) is 2.71. The van der Waals surface area contributed by atoms with Gasteiger partial charge in [-0.3, -0.25) is 0 Å². The van der Waals surface area contributed by atoms with Gasteiger partial charge >= 0.3 is 11.9 Å². The molecule has 0 spiro atoms. The van der Waals surface area contributed by atoms with Crippen molar-refractivity contribution >= 4 is 24.1 Å². The molecule has 1 aromatic rings. The number of rotatable bonds is 16. The van der Waals surface area contributed by atoms with Crippen LogP contribution in [0.3, 0.4) is 0 Å². The lowest BCUT2D eigenvalue weighted by Gasteiger charge is -2.15. The number of carboxylic acids is 2. The monoisotopic (exact) mass is 418 g/mol. The Labute approximate surface area is 179 Å². The van der Waals surface area contributed by atoms with E-state index in [1.54, 1.807) is 12.1 Å². The fourth-order valence-corrected chi connectivity index (χ4v) is 2.85. The summed E-state index contributed by atoms with van der Waals surface area (Å²) in [5.41, 5.74) is 1.17. The number of aliphatic carboxylic acids is 2. The van der Waals surface area contributed by atoms with Crippen molar-refractivity contribution in [3.05, 3.63) is 35.4 Å². The van der Waals surface area contributed by atoms with E-state index < -0.39 is 11.9 Å².